The Hall–Kier alpha value is -2.79. The van der Waals surface area contributed by atoms with Gasteiger partial charge in [0.1, 0.15) is 10.3 Å². The van der Waals surface area contributed by atoms with Crippen molar-refractivity contribution in [3.05, 3.63) is 67.8 Å². The van der Waals surface area contributed by atoms with Crippen molar-refractivity contribution in [2.75, 3.05) is 5.32 Å². The first kappa shape index (κ1) is 20.0. The van der Waals surface area contributed by atoms with Gasteiger partial charge in [0, 0.05) is 17.6 Å². The minimum atomic E-state index is -0.609. The van der Waals surface area contributed by atoms with Crippen molar-refractivity contribution in [3.63, 3.8) is 0 Å². The van der Waals surface area contributed by atoms with E-state index in [9.17, 15) is 19.3 Å². The van der Waals surface area contributed by atoms with Gasteiger partial charge in [0.2, 0.25) is 5.91 Å². The second-order valence-electron chi connectivity index (χ2n) is 5.78. The summed E-state index contributed by atoms with van der Waals surface area (Å²) in [6.45, 7) is 0.498. The fourth-order valence-corrected chi connectivity index (χ4v) is 3.09. The Morgan fingerprint density at radius 3 is 2.82 bits per heavy atom. The van der Waals surface area contributed by atoms with Crippen LogP contribution in [0.5, 0.6) is 0 Å². The molecule has 2 aromatic heterocycles. The van der Waals surface area contributed by atoms with Crippen LogP contribution >= 0.6 is 27.5 Å². The molecule has 0 aliphatic rings. The van der Waals surface area contributed by atoms with Crippen molar-refractivity contribution >= 4 is 44.9 Å². The Morgan fingerprint density at radius 2 is 2.14 bits per heavy atom. The maximum Gasteiger partial charge on any atom is 0.404 e. The SMILES string of the molecule is O=C(CCn1cc(Br)c([N+](=O)[O-])n1)Nc1cnn(Cc2ccc(F)cc2Cl)c1. The van der Waals surface area contributed by atoms with Gasteiger partial charge in [0.15, 0.2) is 0 Å². The molecule has 3 rings (SSSR count). The van der Waals surface area contributed by atoms with Crippen LogP contribution < -0.4 is 5.32 Å². The highest BCUT2D eigenvalue weighted by molar-refractivity contribution is 9.10. The van der Waals surface area contributed by atoms with E-state index in [1.54, 1.807) is 16.9 Å². The van der Waals surface area contributed by atoms with Gasteiger partial charge in [-0.2, -0.15) is 9.78 Å². The van der Waals surface area contributed by atoms with Crippen molar-refractivity contribution in [2.45, 2.75) is 19.5 Å². The van der Waals surface area contributed by atoms with E-state index in [-0.39, 0.29) is 29.2 Å². The van der Waals surface area contributed by atoms with Crippen LogP contribution in [0.15, 0.2) is 41.3 Å². The largest absolute Gasteiger partial charge is 0.404 e. The molecule has 0 aliphatic heterocycles. The van der Waals surface area contributed by atoms with Crippen LogP contribution in [-0.4, -0.2) is 30.4 Å². The second kappa shape index (κ2) is 8.48. The van der Waals surface area contributed by atoms with Crippen molar-refractivity contribution in [2.24, 2.45) is 0 Å². The van der Waals surface area contributed by atoms with Gasteiger partial charge in [0.25, 0.3) is 0 Å². The summed E-state index contributed by atoms with van der Waals surface area (Å²) >= 11 is 9.05. The fourth-order valence-electron chi connectivity index (χ4n) is 2.40. The van der Waals surface area contributed by atoms with Crippen LogP contribution in [0, 0.1) is 15.9 Å². The molecule has 9 nitrogen and oxygen atoms in total. The van der Waals surface area contributed by atoms with Crippen LogP contribution in [0.4, 0.5) is 15.9 Å². The molecule has 28 heavy (non-hydrogen) atoms. The standard InChI is InChI=1S/C16H13BrClFN6O3/c17-13-9-23(22-16(13)25(27)28)4-3-15(26)21-12-6-20-24(8-12)7-10-1-2-11(19)5-14(10)18/h1-2,5-6,8-9H,3-4,7H2,(H,21,26). The third-order valence-electron chi connectivity index (χ3n) is 3.70. The molecule has 0 saturated heterocycles. The number of benzene rings is 1. The molecule has 0 spiro atoms. The summed E-state index contributed by atoms with van der Waals surface area (Å²) in [6, 6.07) is 4.10. The van der Waals surface area contributed by atoms with E-state index in [0.29, 0.717) is 22.8 Å². The van der Waals surface area contributed by atoms with Gasteiger partial charge in [-0.15, -0.1) is 0 Å². The molecule has 3 aromatic rings. The number of halogens is 3. The summed E-state index contributed by atoms with van der Waals surface area (Å²) in [5.74, 6) is -1.02. The lowest BCUT2D eigenvalue weighted by Crippen LogP contribution is -2.14. The maximum atomic E-state index is 13.1. The lowest BCUT2D eigenvalue weighted by Gasteiger charge is -2.04. The van der Waals surface area contributed by atoms with E-state index in [0.717, 1.165) is 0 Å². The molecule has 2 heterocycles. The van der Waals surface area contributed by atoms with Gasteiger partial charge in [-0.3, -0.25) is 9.48 Å². The predicted molar refractivity (Wildman–Crippen MR) is 103 cm³/mol. The number of aryl methyl sites for hydroxylation is 1. The van der Waals surface area contributed by atoms with Crippen LogP contribution in [-0.2, 0) is 17.9 Å². The maximum absolute atomic E-state index is 13.1. The smallest absolute Gasteiger partial charge is 0.358 e. The Bertz CT molecular complexity index is 1040. The molecule has 146 valence electrons. The lowest BCUT2D eigenvalue weighted by atomic mass is 10.2. The van der Waals surface area contributed by atoms with E-state index >= 15 is 0 Å². The Balaban J connectivity index is 1.55. The number of hydrogen-bond acceptors (Lipinski definition) is 5. The van der Waals surface area contributed by atoms with E-state index in [4.69, 9.17) is 11.6 Å². The minimum absolute atomic E-state index is 0.0697. The Morgan fingerprint density at radius 1 is 1.36 bits per heavy atom. The number of carbonyl (C=O) groups excluding carboxylic acids is 1. The van der Waals surface area contributed by atoms with Gasteiger partial charge in [-0.05, 0) is 38.5 Å². The number of rotatable bonds is 7. The van der Waals surface area contributed by atoms with E-state index in [1.165, 1.54) is 29.2 Å². The predicted octanol–water partition coefficient (Wildman–Crippen LogP) is 3.62. The lowest BCUT2D eigenvalue weighted by molar-refractivity contribution is -0.390. The van der Waals surface area contributed by atoms with Crippen LogP contribution in [0.2, 0.25) is 5.02 Å². The number of carbonyl (C=O) groups is 1. The molecule has 0 radical (unpaired) electrons. The van der Waals surface area contributed by atoms with E-state index < -0.39 is 10.7 Å². The summed E-state index contributed by atoms with van der Waals surface area (Å²) in [6.07, 6.45) is 4.60. The van der Waals surface area contributed by atoms with Gasteiger partial charge in [-0.25, -0.2) is 4.39 Å². The first-order valence-corrected chi connectivity index (χ1v) is 9.12. The number of nitro groups is 1. The molecule has 0 unspecified atom stereocenters. The van der Waals surface area contributed by atoms with Gasteiger partial charge >= 0.3 is 5.82 Å². The normalized spacial score (nSPS) is 10.8. The fraction of sp³-hybridized carbons (Fsp3) is 0.188. The van der Waals surface area contributed by atoms with Gasteiger partial charge in [-0.1, -0.05) is 17.7 Å². The van der Waals surface area contributed by atoms with E-state index in [1.807, 2.05) is 0 Å². The highest BCUT2D eigenvalue weighted by Crippen LogP contribution is 2.22. The zero-order chi connectivity index (χ0) is 20.3. The van der Waals surface area contributed by atoms with Crippen molar-refractivity contribution in [1.82, 2.24) is 19.6 Å². The monoisotopic (exact) mass is 470 g/mol. The molecule has 0 aliphatic carbocycles. The molecule has 0 atom stereocenters. The zero-order valence-corrected chi connectivity index (χ0v) is 16.5. The van der Waals surface area contributed by atoms with E-state index in [2.05, 4.69) is 31.4 Å². The summed E-state index contributed by atoms with van der Waals surface area (Å²) in [5, 5.41) is 21.7. The number of amides is 1. The summed E-state index contributed by atoms with van der Waals surface area (Å²) in [7, 11) is 0. The Labute approximate surface area is 171 Å². The highest BCUT2D eigenvalue weighted by Gasteiger charge is 2.19. The van der Waals surface area contributed by atoms with Crippen LogP contribution in [0.3, 0.4) is 0 Å². The van der Waals surface area contributed by atoms with Crippen LogP contribution in [0.25, 0.3) is 0 Å². The number of nitrogens with one attached hydrogen (secondary N) is 1. The minimum Gasteiger partial charge on any atom is -0.358 e. The van der Waals surface area contributed by atoms with Crippen molar-refractivity contribution in [3.8, 4) is 0 Å². The molecule has 1 N–H and O–H groups in total. The zero-order valence-electron chi connectivity index (χ0n) is 14.2. The quantitative estimate of drug-likeness (QED) is 0.418. The average molecular weight is 472 g/mol. The number of nitrogens with zero attached hydrogens (tertiary/aromatic N) is 5. The summed E-state index contributed by atoms with van der Waals surface area (Å²) in [5.41, 5.74) is 1.17. The summed E-state index contributed by atoms with van der Waals surface area (Å²) in [4.78, 5) is 22.2. The topological polar surface area (TPSA) is 108 Å². The molecular weight excluding hydrogens is 459 g/mol. The van der Waals surface area contributed by atoms with Gasteiger partial charge < -0.3 is 15.4 Å². The molecule has 0 bridgehead atoms. The first-order chi connectivity index (χ1) is 13.3. The summed E-state index contributed by atoms with van der Waals surface area (Å²) < 4.78 is 16.2. The molecule has 1 amide bonds. The van der Waals surface area contributed by atoms with Crippen molar-refractivity contribution < 1.29 is 14.1 Å². The molecular formula is C16H13BrClFN6O3. The second-order valence-corrected chi connectivity index (χ2v) is 7.04. The molecule has 12 heteroatoms. The number of aromatic nitrogens is 4. The number of hydrogen-bond donors (Lipinski definition) is 1. The third-order valence-corrected chi connectivity index (χ3v) is 4.62. The molecule has 1 aromatic carbocycles. The van der Waals surface area contributed by atoms with Crippen LogP contribution in [0.1, 0.15) is 12.0 Å². The average Bonchev–Trinajstić information content (AvgIpc) is 3.22. The first-order valence-electron chi connectivity index (χ1n) is 7.95. The molecule has 0 saturated carbocycles. The Kier molecular flexibility index (Phi) is 6.05. The number of anilines is 1. The third kappa shape index (κ3) is 4.93. The highest BCUT2D eigenvalue weighted by atomic mass is 79.9. The van der Waals surface area contributed by atoms with Gasteiger partial charge in [0.05, 0.1) is 36.3 Å². The molecule has 0 fully saturated rings. The van der Waals surface area contributed by atoms with Crippen molar-refractivity contribution in [1.29, 1.82) is 0 Å².